The summed E-state index contributed by atoms with van der Waals surface area (Å²) in [5.74, 6) is -0.167. The van der Waals surface area contributed by atoms with Crippen molar-refractivity contribution in [2.45, 2.75) is 26.4 Å². The van der Waals surface area contributed by atoms with E-state index in [9.17, 15) is 9.59 Å². The monoisotopic (exact) mass is 380 g/mol. The predicted octanol–water partition coefficient (Wildman–Crippen LogP) is 3.09. The molecule has 1 aliphatic rings. The van der Waals surface area contributed by atoms with Crippen molar-refractivity contribution in [2.24, 2.45) is 0 Å². The van der Waals surface area contributed by atoms with Gasteiger partial charge in [0.2, 0.25) is 5.91 Å². The average Bonchev–Trinajstić information content (AvgIpc) is 3.33. The summed E-state index contributed by atoms with van der Waals surface area (Å²) < 4.78 is 1.56. The first-order valence-corrected chi connectivity index (χ1v) is 9.71. The van der Waals surface area contributed by atoms with Crippen molar-refractivity contribution < 1.29 is 9.59 Å². The van der Waals surface area contributed by atoms with Crippen LogP contribution in [0.25, 0.3) is 0 Å². The molecule has 27 heavy (non-hydrogen) atoms. The second-order valence-corrected chi connectivity index (χ2v) is 7.58. The van der Waals surface area contributed by atoms with Crippen LogP contribution in [0, 0.1) is 6.92 Å². The number of nitrogens with one attached hydrogen (secondary N) is 1. The van der Waals surface area contributed by atoms with Gasteiger partial charge in [0.1, 0.15) is 6.54 Å². The molecule has 1 N–H and O–H groups in total. The van der Waals surface area contributed by atoms with Crippen LogP contribution >= 0.6 is 11.3 Å². The molecule has 2 aromatic heterocycles. The highest BCUT2D eigenvalue weighted by Crippen LogP contribution is 2.27. The van der Waals surface area contributed by atoms with Crippen LogP contribution in [0.5, 0.6) is 0 Å². The van der Waals surface area contributed by atoms with Crippen molar-refractivity contribution in [2.75, 3.05) is 11.9 Å². The topological polar surface area (TPSA) is 67.2 Å². The number of amides is 2. The van der Waals surface area contributed by atoms with Gasteiger partial charge in [-0.05, 0) is 54.1 Å². The number of aromatic nitrogens is 2. The number of benzene rings is 1. The minimum absolute atomic E-state index is 0.00697. The fraction of sp³-hybridized carbons (Fsp3) is 0.250. The molecule has 7 heteroatoms. The maximum absolute atomic E-state index is 13.0. The van der Waals surface area contributed by atoms with Crippen LogP contribution in [-0.4, -0.2) is 33.0 Å². The maximum Gasteiger partial charge on any atom is 0.254 e. The van der Waals surface area contributed by atoms with Crippen LogP contribution in [0.4, 0.5) is 5.69 Å². The molecule has 2 amide bonds. The molecule has 0 unspecified atom stereocenters. The Bertz CT molecular complexity index is 978. The summed E-state index contributed by atoms with van der Waals surface area (Å²) in [6.07, 6.45) is 4.27. The highest BCUT2D eigenvalue weighted by Gasteiger charge is 2.24. The molecule has 0 saturated heterocycles. The highest BCUT2D eigenvalue weighted by atomic mass is 32.1. The summed E-state index contributed by atoms with van der Waals surface area (Å²) in [6, 6.07) is 9.32. The van der Waals surface area contributed by atoms with Gasteiger partial charge < -0.3 is 10.2 Å². The molecule has 3 heterocycles. The minimum Gasteiger partial charge on any atom is -0.334 e. The number of fused-ring (bicyclic) bond motifs is 1. The lowest BCUT2D eigenvalue weighted by Crippen LogP contribution is -2.35. The number of hydrogen-bond donors (Lipinski definition) is 1. The molecule has 6 nitrogen and oxygen atoms in total. The number of thiophene rings is 1. The number of carbonyl (C=O) groups is 2. The van der Waals surface area contributed by atoms with Crippen LogP contribution in [0.3, 0.4) is 0 Å². The summed E-state index contributed by atoms with van der Waals surface area (Å²) in [5.41, 5.74) is 3.31. The van der Waals surface area contributed by atoms with Crippen molar-refractivity contribution in [3.05, 3.63) is 69.7 Å². The van der Waals surface area contributed by atoms with E-state index in [1.165, 1.54) is 10.4 Å². The van der Waals surface area contributed by atoms with Crippen LogP contribution in [0.2, 0.25) is 0 Å². The Kier molecular flexibility index (Phi) is 4.77. The minimum atomic E-state index is -0.174. The normalized spacial score (nSPS) is 13.3. The molecular formula is C20H20N4O2S. The summed E-state index contributed by atoms with van der Waals surface area (Å²) in [6.45, 7) is 3.38. The maximum atomic E-state index is 13.0. The van der Waals surface area contributed by atoms with E-state index in [1.54, 1.807) is 34.5 Å². The molecule has 1 aliphatic heterocycles. The van der Waals surface area contributed by atoms with Crippen molar-refractivity contribution in [3.8, 4) is 0 Å². The number of rotatable bonds is 4. The largest absolute Gasteiger partial charge is 0.334 e. The number of anilines is 1. The molecular weight excluding hydrogens is 360 g/mol. The summed E-state index contributed by atoms with van der Waals surface area (Å²) in [4.78, 5) is 28.6. The molecule has 0 spiro atoms. The number of carbonyl (C=O) groups excluding carboxylic acids is 2. The third-order valence-electron chi connectivity index (χ3n) is 4.80. The van der Waals surface area contributed by atoms with Gasteiger partial charge in [0.05, 0.1) is 0 Å². The Labute approximate surface area is 161 Å². The zero-order valence-electron chi connectivity index (χ0n) is 15.0. The Morgan fingerprint density at radius 2 is 2.15 bits per heavy atom. The zero-order chi connectivity index (χ0) is 18.8. The molecule has 0 saturated carbocycles. The lowest BCUT2D eigenvalue weighted by molar-refractivity contribution is -0.116. The fourth-order valence-electron chi connectivity index (χ4n) is 3.33. The van der Waals surface area contributed by atoms with Gasteiger partial charge in [0.15, 0.2) is 0 Å². The van der Waals surface area contributed by atoms with Crippen LogP contribution in [0.1, 0.15) is 26.4 Å². The van der Waals surface area contributed by atoms with E-state index in [-0.39, 0.29) is 18.4 Å². The lowest BCUT2D eigenvalue weighted by atomic mass is 10.0. The van der Waals surface area contributed by atoms with Gasteiger partial charge in [-0.15, -0.1) is 11.3 Å². The first kappa shape index (κ1) is 17.5. The van der Waals surface area contributed by atoms with Gasteiger partial charge in [-0.25, -0.2) is 0 Å². The second kappa shape index (κ2) is 7.36. The standard InChI is InChI=1S/C20H20N4O2S/c1-14-16(20(26)23-10-6-18-15(12-23)7-11-27-18)4-2-5-17(14)22-19(25)13-24-9-3-8-21-24/h2-5,7-9,11H,6,10,12-13H2,1H3,(H,22,25). The van der Waals surface area contributed by atoms with Crippen molar-refractivity contribution in [1.82, 2.24) is 14.7 Å². The molecule has 138 valence electrons. The molecule has 0 radical (unpaired) electrons. The Balaban J connectivity index is 1.50. The van der Waals surface area contributed by atoms with E-state index in [1.807, 2.05) is 30.0 Å². The van der Waals surface area contributed by atoms with Gasteiger partial charge in [-0.1, -0.05) is 6.07 Å². The zero-order valence-corrected chi connectivity index (χ0v) is 15.8. The van der Waals surface area contributed by atoms with E-state index < -0.39 is 0 Å². The van der Waals surface area contributed by atoms with Gasteiger partial charge in [0, 0.05) is 41.6 Å². The third kappa shape index (κ3) is 3.64. The molecule has 0 aliphatic carbocycles. The molecule has 0 atom stereocenters. The molecule has 0 bridgehead atoms. The number of hydrogen-bond acceptors (Lipinski definition) is 4. The summed E-state index contributed by atoms with van der Waals surface area (Å²) in [5, 5.41) is 9.01. The van der Waals surface area contributed by atoms with Crippen LogP contribution < -0.4 is 5.32 Å². The van der Waals surface area contributed by atoms with E-state index in [0.717, 1.165) is 18.5 Å². The van der Waals surface area contributed by atoms with E-state index >= 15 is 0 Å². The lowest BCUT2D eigenvalue weighted by Gasteiger charge is -2.28. The third-order valence-corrected chi connectivity index (χ3v) is 5.82. The number of nitrogens with zero attached hydrogens (tertiary/aromatic N) is 3. The summed E-state index contributed by atoms with van der Waals surface area (Å²) >= 11 is 1.76. The van der Waals surface area contributed by atoms with Gasteiger partial charge in [-0.3, -0.25) is 14.3 Å². The fourth-order valence-corrected chi connectivity index (χ4v) is 4.22. The van der Waals surface area contributed by atoms with Gasteiger partial charge >= 0.3 is 0 Å². The average molecular weight is 380 g/mol. The summed E-state index contributed by atoms with van der Waals surface area (Å²) in [7, 11) is 0. The predicted molar refractivity (Wildman–Crippen MR) is 105 cm³/mol. The molecule has 1 aromatic carbocycles. The van der Waals surface area contributed by atoms with E-state index in [2.05, 4.69) is 21.9 Å². The smallest absolute Gasteiger partial charge is 0.254 e. The first-order valence-electron chi connectivity index (χ1n) is 8.83. The molecule has 4 rings (SSSR count). The SMILES string of the molecule is Cc1c(NC(=O)Cn2cccn2)cccc1C(=O)N1CCc2sccc2C1. The van der Waals surface area contributed by atoms with Crippen LogP contribution in [-0.2, 0) is 24.3 Å². The Hall–Kier alpha value is -2.93. The van der Waals surface area contributed by atoms with Crippen molar-refractivity contribution in [3.63, 3.8) is 0 Å². The highest BCUT2D eigenvalue weighted by molar-refractivity contribution is 7.10. The first-order chi connectivity index (χ1) is 13.1. The van der Waals surface area contributed by atoms with Gasteiger partial charge in [-0.2, -0.15) is 5.10 Å². The van der Waals surface area contributed by atoms with Gasteiger partial charge in [0.25, 0.3) is 5.91 Å². The molecule has 3 aromatic rings. The molecule has 0 fully saturated rings. The quantitative estimate of drug-likeness (QED) is 0.756. The second-order valence-electron chi connectivity index (χ2n) is 6.58. The Morgan fingerprint density at radius 1 is 1.26 bits per heavy atom. The van der Waals surface area contributed by atoms with Crippen LogP contribution in [0.15, 0.2) is 48.1 Å². The van der Waals surface area contributed by atoms with Crippen molar-refractivity contribution in [1.29, 1.82) is 0 Å². The van der Waals surface area contributed by atoms with Crippen molar-refractivity contribution >= 4 is 28.8 Å². The Morgan fingerprint density at radius 3 is 2.96 bits per heavy atom. The van der Waals surface area contributed by atoms with E-state index in [0.29, 0.717) is 17.8 Å². The van der Waals surface area contributed by atoms with E-state index in [4.69, 9.17) is 0 Å².